The number of nitrogen functional groups attached to an aromatic ring is 1. The quantitative estimate of drug-likeness (QED) is 0.879. The molecule has 0 aliphatic rings. The van der Waals surface area contributed by atoms with E-state index < -0.39 is 0 Å². The normalized spacial score (nSPS) is 10.4. The van der Waals surface area contributed by atoms with E-state index in [9.17, 15) is 0 Å². The van der Waals surface area contributed by atoms with Crippen molar-refractivity contribution in [2.45, 2.75) is 6.54 Å². The third kappa shape index (κ3) is 3.35. The number of nitrogens with zero attached hydrogens (tertiary/aromatic N) is 3. The maximum absolute atomic E-state index is 6.06. The van der Waals surface area contributed by atoms with E-state index in [4.69, 9.17) is 21.9 Å². The lowest BCUT2D eigenvalue weighted by Gasteiger charge is -2.03. The second-order valence-corrected chi connectivity index (χ2v) is 4.40. The van der Waals surface area contributed by atoms with E-state index in [-0.39, 0.29) is 12.4 Å². The molecule has 18 heavy (non-hydrogen) atoms. The van der Waals surface area contributed by atoms with Gasteiger partial charge in [-0.05, 0) is 32.3 Å². The monoisotopic (exact) mass is 288 g/mol. The molecule has 1 heterocycles. The van der Waals surface area contributed by atoms with Gasteiger partial charge >= 0.3 is 0 Å². The van der Waals surface area contributed by atoms with Crippen LogP contribution in [0, 0.1) is 0 Å². The van der Waals surface area contributed by atoms with Gasteiger partial charge in [-0.15, -0.1) is 12.4 Å². The molecule has 2 aromatic rings. The highest BCUT2D eigenvalue weighted by Crippen LogP contribution is 2.28. The standard InChI is InChI=1S/C11H13ClN4O.ClH/c1-16(2)6-10-14-11(17-15-10)8-4-3-7(13)5-9(8)12;/h3-5H,6,13H2,1-2H3;1H. The van der Waals surface area contributed by atoms with Crippen molar-refractivity contribution in [3.05, 3.63) is 29.0 Å². The Bertz CT molecular complexity index is 528. The number of aromatic nitrogens is 2. The Morgan fingerprint density at radius 1 is 1.39 bits per heavy atom. The van der Waals surface area contributed by atoms with Gasteiger partial charge in [-0.25, -0.2) is 0 Å². The van der Waals surface area contributed by atoms with Crippen molar-refractivity contribution in [3.63, 3.8) is 0 Å². The van der Waals surface area contributed by atoms with Gasteiger partial charge in [0.05, 0.1) is 17.1 Å². The fourth-order valence-electron chi connectivity index (χ4n) is 1.42. The van der Waals surface area contributed by atoms with Crippen LogP contribution in [0.15, 0.2) is 22.7 Å². The van der Waals surface area contributed by atoms with Crippen molar-refractivity contribution in [3.8, 4) is 11.5 Å². The van der Waals surface area contributed by atoms with Gasteiger partial charge < -0.3 is 15.2 Å². The third-order valence-corrected chi connectivity index (χ3v) is 2.46. The average molecular weight is 289 g/mol. The zero-order valence-electron chi connectivity index (χ0n) is 10.1. The molecule has 0 atom stereocenters. The van der Waals surface area contributed by atoms with E-state index in [1.165, 1.54) is 0 Å². The van der Waals surface area contributed by atoms with E-state index in [0.717, 1.165) is 0 Å². The summed E-state index contributed by atoms with van der Waals surface area (Å²) in [5, 5.41) is 4.38. The summed E-state index contributed by atoms with van der Waals surface area (Å²) in [5.41, 5.74) is 6.92. The fraction of sp³-hybridized carbons (Fsp3) is 0.273. The van der Waals surface area contributed by atoms with E-state index >= 15 is 0 Å². The third-order valence-electron chi connectivity index (χ3n) is 2.15. The molecule has 2 N–H and O–H groups in total. The molecule has 1 aromatic heterocycles. The van der Waals surface area contributed by atoms with Crippen LogP contribution >= 0.6 is 24.0 Å². The van der Waals surface area contributed by atoms with Crippen molar-refractivity contribution < 1.29 is 4.52 Å². The summed E-state index contributed by atoms with van der Waals surface area (Å²) in [6.45, 7) is 0.621. The molecule has 0 amide bonds. The van der Waals surface area contributed by atoms with Gasteiger partial charge in [-0.3, -0.25) is 0 Å². The summed E-state index contributed by atoms with van der Waals surface area (Å²) in [6, 6.07) is 5.17. The first-order valence-electron chi connectivity index (χ1n) is 5.09. The van der Waals surface area contributed by atoms with Crippen LogP contribution in [0.1, 0.15) is 5.82 Å². The smallest absolute Gasteiger partial charge is 0.259 e. The number of anilines is 1. The maximum Gasteiger partial charge on any atom is 0.259 e. The molecule has 0 fully saturated rings. The minimum atomic E-state index is 0. The molecule has 0 aliphatic heterocycles. The topological polar surface area (TPSA) is 68.2 Å². The minimum Gasteiger partial charge on any atom is -0.399 e. The van der Waals surface area contributed by atoms with Crippen LogP contribution in [0.25, 0.3) is 11.5 Å². The number of hydrogen-bond donors (Lipinski definition) is 1. The summed E-state index contributed by atoms with van der Waals surface area (Å²) < 4.78 is 5.16. The van der Waals surface area contributed by atoms with Crippen LogP contribution in [0.3, 0.4) is 0 Å². The molecule has 98 valence electrons. The molecule has 0 aliphatic carbocycles. The number of rotatable bonds is 3. The Hall–Kier alpha value is -1.30. The van der Waals surface area contributed by atoms with Crippen LogP contribution in [0.5, 0.6) is 0 Å². The number of nitrogens with two attached hydrogens (primary N) is 1. The lowest BCUT2D eigenvalue weighted by Crippen LogP contribution is -2.11. The molecule has 0 radical (unpaired) electrons. The van der Waals surface area contributed by atoms with Crippen molar-refractivity contribution in [2.24, 2.45) is 0 Å². The lowest BCUT2D eigenvalue weighted by molar-refractivity contribution is 0.365. The number of halogens is 2. The zero-order chi connectivity index (χ0) is 12.4. The summed E-state index contributed by atoms with van der Waals surface area (Å²) in [6.07, 6.45) is 0. The average Bonchev–Trinajstić information content (AvgIpc) is 2.65. The summed E-state index contributed by atoms with van der Waals surface area (Å²) in [4.78, 5) is 6.22. The van der Waals surface area contributed by atoms with Gasteiger partial charge in [-0.2, -0.15) is 4.98 Å². The lowest BCUT2D eigenvalue weighted by atomic mass is 10.2. The number of hydrogen-bond acceptors (Lipinski definition) is 5. The summed E-state index contributed by atoms with van der Waals surface area (Å²) in [5.74, 6) is 1.03. The molecule has 2 rings (SSSR count). The Morgan fingerprint density at radius 3 is 2.72 bits per heavy atom. The molecule has 5 nitrogen and oxygen atoms in total. The van der Waals surface area contributed by atoms with Crippen molar-refractivity contribution >= 4 is 29.7 Å². The molecular formula is C11H14Cl2N4O. The molecule has 0 saturated heterocycles. The van der Waals surface area contributed by atoms with E-state index in [0.29, 0.717) is 34.5 Å². The Labute approximate surface area is 116 Å². The minimum absolute atomic E-state index is 0. The van der Waals surface area contributed by atoms with Gasteiger partial charge in [0.1, 0.15) is 0 Å². The first-order valence-corrected chi connectivity index (χ1v) is 5.47. The van der Waals surface area contributed by atoms with Crippen LogP contribution in [0.4, 0.5) is 5.69 Å². The highest BCUT2D eigenvalue weighted by molar-refractivity contribution is 6.33. The predicted molar refractivity (Wildman–Crippen MR) is 73.8 cm³/mol. The van der Waals surface area contributed by atoms with Gasteiger partial charge in [0.2, 0.25) is 0 Å². The second-order valence-electron chi connectivity index (χ2n) is 3.99. The van der Waals surface area contributed by atoms with Crippen molar-refractivity contribution in [1.29, 1.82) is 0 Å². The summed E-state index contributed by atoms with van der Waals surface area (Å²) in [7, 11) is 3.87. The van der Waals surface area contributed by atoms with Crippen LogP contribution in [0.2, 0.25) is 5.02 Å². The highest BCUT2D eigenvalue weighted by Gasteiger charge is 2.12. The Balaban J connectivity index is 0.00000162. The predicted octanol–water partition coefficient (Wildman–Crippen LogP) is 2.46. The van der Waals surface area contributed by atoms with Crippen LogP contribution in [-0.2, 0) is 6.54 Å². The largest absolute Gasteiger partial charge is 0.399 e. The maximum atomic E-state index is 6.06. The summed E-state index contributed by atoms with van der Waals surface area (Å²) >= 11 is 6.06. The molecule has 0 bridgehead atoms. The first kappa shape index (κ1) is 14.8. The molecule has 0 unspecified atom stereocenters. The fourth-order valence-corrected chi connectivity index (χ4v) is 1.69. The van der Waals surface area contributed by atoms with Gasteiger partial charge in [0, 0.05) is 5.69 Å². The van der Waals surface area contributed by atoms with E-state index in [1.54, 1.807) is 18.2 Å². The van der Waals surface area contributed by atoms with Crippen LogP contribution in [-0.4, -0.2) is 29.1 Å². The molecule has 0 spiro atoms. The molecule has 7 heteroatoms. The highest BCUT2D eigenvalue weighted by atomic mass is 35.5. The van der Waals surface area contributed by atoms with Crippen molar-refractivity contribution in [2.75, 3.05) is 19.8 Å². The zero-order valence-corrected chi connectivity index (χ0v) is 11.6. The first-order chi connectivity index (χ1) is 8.06. The molecular weight excluding hydrogens is 275 g/mol. The van der Waals surface area contributed by atoms with Gasteiger partial charge in [-0.1, -0.05) is 16.8 Å². The van der Waals surface area contributed by atoms with Crippen molar-refractivity contribution in [1.82, 2.24) is 15.0 Å². The van der Waals surface area contributed by atoms with Gasteiger partial charge in [0.15, 0.2) is 5.82 Å². The number of benzene rings is 1. The van der Waals surface area contributed by atoms with Crippen LogP contribution < -0.4 is 5.73 Å². The van der Waals surface area contributed by atoms with Gasteiger partial charge in [0.25, 0.3) is 5.89 Å². The van der Waals surface area contributed by atoms with E-state index in [2.05, 4.69) is 10.1 Å². The SMILES string of the molecule is CN(C)Cc1noc(-c2ccc(N)cc2Cl)n1.Cl. The molecule has 1 aromatic carbocycles. The Kier molecular flexibility index (Phi) is 4.95. The Morgan fingerprint density at radius 2 is 2.11 bits per heavy atom. The second kappa shape index (κ2) is 6.04. The molecule has 0 saturated carbocycles. The van der Waals surface area contributed by atoms with E-state index in [1.807, 2.05) is 19.0 Å².